The van der Waals surface area contributed by atoms with E-state index in [9.17, 15) is 9.59 Å². The molecule has 1 fully saturated rings. The number of anilines is 1. The van der Waals surface area contributed by atoms with Crippen molar-refractivity contribution in [3.05, 3.63) is 47.0 Å². The van der Waals surface area contributed by atoms with E-state index in [1.807, 2.05) is 33.7 Å². The van der Waals surface area contributed by atoms with Gasteiger partial charge in [0.25, 0.3) is 11.8 Å². The molecule has 29 heavy (non-hydrogen) atoms. The van der Waals surface area contributed by atoms with Crippen molar-refractivity contribution in [2.75, 3.05) is 18.4 Å². The van der Waals surface area contributed by atoms with Crippen molar-refractivity contribution in [1.29, 1.82) is 0 Å². The summed E-state index contributed by atoms with van der Waals surface area (Å²) < 4.78 is 1.96. The molecule has 154 valence electrons. The van der Waals surface area contributed by atoms with Crippen molar-refractivity contribution in [3.8, 4) is 0 Å². The number of piperidine rings is 1. The van der Waals surface area contributed by atoms with E-state index in [4.69, 9.17) is 0 Å². The smallest absolute Gasteiger partial charge is 0.291 e. The summed E-state index contributed by atoms with van der Waals surface area (Å²) in [7, 11) is 0. The lowest BCUT2D eigenvalue weighted by Crippen LogP contribution is -2.38. The zero-order valence-electron chi connectivity index (χ0n) is 17.4. The van der Waals surface area contributed by atoms with E-state index in [1.54, 1.807) is 0 Å². The molecular formula is C23H30N4O2. The number of nitrogens with zero attached hydrogens (tertiary/aromatic N) is 3. The number of carbonyl (C=O) groups excluding carboxylic acids is 2. The van der Waals surface area contributed by atoms with Crippen LogP contribution in [0.1, 0.15) is 71.9 Å². The molecule has 6 heteroatoms. The SMILES string of the molecule is CCc1ccc(NC(=O)c2nc(C(=O)N3CCC(C)CC3)c3n2CCCC3)cc1. The number of imidazole rings is 1. The number of hydrogen-bond acceptors (Lipinski definition) is 3. The van der Waals surface area contributed by atoms with Gasteiger partial charge in [0.15, 0.2) is 5.82 Å². The molecule has 4 rings (SSSR count). The summed E-state index contributed by atoms with van der Waals surface area (Å²) in [4.78, 5) is 32.6. The Bertz CT molecular complexity index is 892. The molecule has 0 spiro atoms. The Morgan fingerprint density at radius 3 is 2.52 bits per heavy atom. The first-order valence-electron chi connectivity index (χ1n) is 10.9. The van der Waals surface area contributed by atoms with Crippen molar-refractivity contribution >= 4 is 17.5 Å². The van der Waals surface area contributed by atoms with E-state index in [0.717, 1.165) is 69.5 Å². The molecule has 1 N–H and O–H groups in total. The highest BCUT2D eigenvalue weighted by atomic mass is 16.2. The average Bonchev–Trinajstić information content (AvgIpc) is 3.14. The summed E-state index contributed by atoms with van der Waals surface area (Å²) in [5, 5.41) is 2.95. The average molecular weight is 395 g/mol. The minimum atomic E-state index is -0.247. The molecule has 2 aliphatic heterocycles. The zero-order chi connectivity index (χ0) is 20.4. The third-order valence-electron chi connectivity index (χ3n) is 6.21. The van der Waals surface area contributed by atoms with Crippen molar-refractivity contribution in [1.82, 2.24) is 14.5 Å². The van der Waals surface area contributed by atoms with Gasteiger partial charge in [-0.15, -0.1) is 0 Å². The molecule has 0 atom stereocenters. The first-order chi connectivity index (χ1) is 14.1. The maximum Gasteiger partial charge on any atom is 0.291 e. The normalized spacial score (nSPS) is 17.1. The number of aryl methyl sites for hydroxylation is 1. The van der Waals surface area contributed by atoms with E-state index in [-0.39, 0.29) is 11.8 Å². The highest BCUT2D eigenvalue weighted by molar-refractivity contribution is 6.03. The van der Waals surface area contributed by atoms with Crippen LogP contribution in [-0.2, 0) is 19.4 Å². The van der Waals surface area contributed by atoms with Crippen LogP contribution in [0, 0.1) is 5.92 Å². The molecule has 0 radical (unpaired) electrons. The largest absolute Gasteiger partial charge is 0.337 e. The Morgan fingerprint density at radius 2 is 1.83 bits per heavy atom. The Balaban J connectivity index is 1.58. The predicted octanol–water partition coefficient (Wildman–Crippen LogP) is 3.91. The van der Waals surface area contributed by atoms with Crippen molar-refractivity contribution in [2.45, 2.75) is 58.9 Å². The summed E-state index contributed by atoms with van der Waals surface area (Å²) >= 11 is 0. The number of likely N-dealkylation sites (tertiary alicyclic amines) is 1. The molecule has 1 aromatic heterocycles. The number of rotatable bonds is 4. The van der Waals surface area contributed by atoms with Gasteiger partial charge in [-0.2, -0.15) is 0 Å². The monoisotopic (exact) mass is 394 g/mol. The Labute approximate surface area is 172 Å². The number of aromatic nitrogens is 2. The van der Waals surface area contributed by atoms with E-state index >= 15 is 0 Å². The fourth-order valence-corrected chi connectivity index (χ4v) is 4.26. The molecule has 6 nitrogen and oxygen atoms in total. The van der Waals surface area contributed by atoms with Crippen LogP contribution in [0.3, 0.4) is 0 Å². The first kappa shape index (κ1) is 19.7. The first-order valence-corrected chi connectivity index (χ1v) is 10.9. The maximum atomic E-state index is 13.2. The number of nitrogens with one attached hydrogen (secondary N) is 1. The van der Waals surface area contributed by atoms with E-state index in [2.05, 4.69) is 24.1 Å². The van der Waals surface area contributed by atoms with Gasteiger partial charge in [0.05, 0.1) is 5.69 Å². The summed E-state index contributed by atoms with van der Waals surface area (Å²) in [5.74, 6) is 0.751. The van der Waals surface area contributed by atoms with E-state index in [0.29, 0.717) is 17.4 Å². The maximum absolute atomic E-state index is 13.2. The second-order valence-electron chi connectivity index (χ2n) is 8.32. The molecule has 2 amide bonds. The molecule has 2 aliphatic rings. The van der Waals surface area contributed by atoms with Gasteiger partial charge in [0.2, 0.25) is 0 Å². The number of benzene rings is 1. The number of amides is 2. The fourth-order valence-electron chi connectivity index (χ4n) is 4.26. The van der Waals surface area contributed by atoms with Crippen LogP contribution in [-0.4, -0.2) is 39.4 Å². The molecule has 0 saturated carbocycles. The Kier molecular flexibility index (Phi) is 5.69. The Hall–Kier alpha value is -2.63. The van der Waals surface area contributed by atoms with Crippen molar-refractivity contribution < 1.29 is 9.59 Å². The highest BCUT2D eigenvalue weighted by Crippen LogP contribution is 2.25. The minimum Gasteiger partial charge on any atom is -0.337 e. The summed E-state index contributed by atoms with van der Waals surface area (Å²) in [6, 6.07) is 7.86. The summed E-state index contributed by atoms with van der Waals surface area (Å²) in [6.07, 6.45) is 5.86. The lowest BCUT2D eigenvalue weighted by molar-refractivity contribution is 0.0690. The van der Waals surface area contributed by atoms with Crippen LogP contribution in [0.25, 0.3) is 0 Å². The van der Waals surface area contributed by atoms with Gasteiger partial charge in [0.1, 0.15) is 5.69 Å². The van der Waals surface area contributed by atoms with Gasteiger partial charge in [0, 0.05) is 25.3 Å². The van der Waals surface area contributed by atoms with Crippen molar-refractivity contribution in [2.24, 2.45) is 5.92 Å². The quantitative estimate of drug-likeness (QED) is 0.855. The molecule has 3 heterocycles. The summed E-state index contributed by atoms with van der Waals surface area (Å²) in [5.41, 5.74) is 3.38. The van der Waals surface area contributed by atoms with E-state index in [1.165, 1.54) is 5.56 Å². The van der Waals surface area contributed by atoms with Crippen LogP contribution >= 0.6 is 0 Å². The molecule has 0 bridgehead atoms. The number of hydrogen-bond donors (Lipinski definition) is 1. The molecule has 0 unspecified atom stereocenters. The number of fused-ring (bicyclic) bond motifs is 1. The van der Waals surface area contributed by atoms with Crippen LogP contribution in [0.5, 0.6) is 0 Å². The van der Waals surface area contributed by atoms with Gasteiger partial charge in [-0.1, -0.05) is 26.0 Å². The topological polar surface area (TPSA) is 67.2 Å². The van der Waals surface area contributed by atoms with Gasteiger partial charge in [-0.3, -0.25) is 9.59 Å². The standard InChI is InChI=1S/C23H30N4O2/c1-3-17-7-9-18(10-8-17)24-22(28)21-25-20(19-6-4-5-13-27(19)21)23(29)26-14-11-16(2)12-15-26/h7-10,16H,3-6,11-15H2,1-2H3,(H,24,28). The number of carbonyl (C=O) groups is 2. The predicted molar refractivity (Wildman–Crippen MR) is 113 cm³/mol. The molecule has 1 saturated heterocycles. The molecule has 2 aromatic rings. The van der Waals surface area contributed by atoms with Gasteiger partial charge in [-0.05, 0) is 62.1 Å². The van der Waals surface area contributed by atoms with Gasteiger partial charge < -0.3 is 14.8 Å². The molecular weight excluding hydrogens is 364 g/mol. The molecule has 1 aromatic carbocycles. The second-order valence-corrected chi connectivity index (χ2v) is 8.32. The fraction of sp³-hybridized carbons (Fsp3) is 0.522. The van der Waals surface area contributed by atoms with Gasteiger partial charge >= 0.3 is 0 Å². The van der Waals surface area contributed by atoms with E-state index < -0.39 is 0 Å². The van der Waals surface area contributed by atoms with Crippen LogP contribution in [0.15, 0.2) is 24.3 Å². The second kappa shape index (κ2) is 8.39. The van der Waals surface area contributed by atoms with Crippen LogP contribution < -0.4 is 5.32 Å². The third kappa shape index (κ3) is 4.07. The van der Waals surface area contributed by atoms with Crippen molar-refractivity contribution in [3.63, 3.8) is 0 Å². The zero-order valence-corrected chi connectivity index (χ0v) is 17.4. The van der Waals surface area contributed by atoms with Crippen LogP contribution in [0.2, 0.25) is 0 Å². The van der Waals surface area contributed by atoms with Crippen LogP contribution in [0.4, 0.5) is 5.69 Å². The van der Waals surface area contributed by atoms with Gasteiger partial charge in [-0.25, -0.2) is 4.98 Å². The third-order valence-corrected chi connectivity index (χ3v) is 6.21. The molecule has 0 aliphatic carbocycles. The Morgan fingerprint density at radius 1 is 1.10 bits per heavy atom. The summed E-state index contributed by atoms with van der Waals surface area (Å²) in [6.45, 7) is 6.63. The lowest BCUT2D eigenvalue weighted by atomic mass is 9.98. The highest BCUT2D eigenvalue weighted by Gasteiger charge is 2.31. The lowest BCUT2D eigenvalue weighted by Gasteiger charge is -2.30. The minimum absolute atomic E-state index is 0.0195.